The number of carbonyl (C=O) groups is 2. The Morgan fingerprint density at radius 1 is 1.09 bits per heavy atom. The molecule has 0 fully saturated rings. The van der Waals surface area contributed by atoms with Crippen molar-refractivity contribution in [3.63, 3.8) is 0 Å². The summed E-state index contributed by atoms with van der Waals surface area (Å²) in [4.78, 5) is 53.6. The lowest BCUT2D eigenvalue weighted by Crippen LogP contribution is -2.44. The van der Waals surface area contributed by atoms with E-state index in [-0.39, 0.29) is 17.6 Å². The van der Waals surface area contributed by atoms with E-state index in [2.05, 4.69) is 31.1 Å². The van der Waals surface area contributed by atoms with Crippen molar-refractivity contribution >= 4 is 11.9 Å². The van der Waals surface area contributed by atoms with Gasteiger partial charge in [-0.05, 0) is 28.7 Å². The van der Waals surface area contributed by atoms with Gasteiger partial charge in [-0.3, -0.25) is 23.9 Å². The average molecular weight is 452 g/mol. The Hall–Kier alpha value is -4.21. The van der Waals surface area contributed by atoms with Gasteiger partial charge in [0.1, 0.15) is 6.54 Å². The monoisotopic (exact) mass is 452 g/mol. The maximum absolute atomic E-state index is 13.2. The zero-order valence-corrected chi connectivity index (χ0v) is 18.4. The number of carbonyl (C=O) groups excluding carboxylic acids is 1. The molecule has 1 aromatic carbocycles. The number of amides is 1. The van der Waals surface area contributed by atoms with Gasteiger partial charge in [0.05, 0.1) is 18.4 Å². The van der Waals surface area contributed by atoms with Gasteiger partial charge in [-0.2, -0.15) is 0 Å². The van der Waals surface area contributed by atoms with Gasteiger partial charge in [0.2, 0.25) is 5.88 Å². The van der Waals surface area contributed by atoms with Gasteiger partial charge in [-0.1, -0.05) is 45.0 Å². The SMILES string of the molecule is CC(C)(C)c1ccc(Cn2c(=O)c(C(=O)NCC(=O)O)c(O)n(-c3cccnc3)c2=O)cc1. The largest absolute Gasteiger partial charge is 0.493 e. The minimum Gasteiger partial charge on any atom is -0.493 e. The molecule has 3 rings (SSSR count). The van der Waals surface area contributed by atoms with E-state index in [1.165, 1.54) is 24.5 Å². The van der Waals surface area contributed by atoms with Crippen molar-refractivity contribution in [3.8, 4) is 11.6 Å². The summed E-state index contributed by atoms with van der Waals surface area (Å²) in [5, 5.41) is 21.5. The van der Waals surface area contributed by atoms with Gasteiger partial charge >= 0.3 is 11.7 Å². The van der Waals surface area contributed by atoms with E-state index in [0.717, 1.165) is 14.7 Å². The van der Waals surface area contributed by atoms with Crippen LogP contribution in [0.4, 0.5) is 0 Å². The van der Waals surface area contributed by atoms with E-state index < -0.39 is 41.1 Å². The Balaban J connectivity index is 2.17. The lowest BCUT2D eigenvalue weighted by atomic mass is 9.87. The molecule has 2 heterocycles. The Morgan fingerprint density at radius 2 is 1.76 bits per heavy atom. The van der Waals surface area contributed by atoms with E-state index in [1.807, 2.05) is 12.1 Å². The van der Waals surface area contributed by atoms with Crippen LogP contribution in [-0.2, 0) is 16.8 Å². The Labute approximate surface area is 188 Å². The van der Waals surface area contributed by atoms with Crippen molar-refractivity contribution in [1.82, 2.24) is 19.4 Å². The number of rotatable bonds is 6. The van der Waals surface area contributed by atoms with Crippen molar-refractivity contribution in [1.29, 1.82) is 0 Å². The van der Waals surface area contributed by atoms with Crippen molar-refractivity contribution in [2.45, 2.75) is 32.7 Å². The number of carboxylic acids is 1. The number of aromatic nitrogens is 3. The fourth-order valence-electron chi connectivity index (χ4n) is 3.23. The molecule has 3 aromatic rings. The minimum absolute atomic E-state index is 0.0870. The maximum atomic E-state index is 13.2. The Bertz CT molecular complexity index is 1300. The molecule has 0 radical (unpaired) electrons. The smallest absolute Gasteiger partial charge is 0.338 e. The summed E-state index contributed by atoms with van der Waals surface area (Å²) >= 11 is 0. The van der Waals surface area contributed by atoms with Crippen LogP contribution in [0.5, 0.6) is 5.88 Å². The number of carboxylic acid groups (broad SMARTS) is 1. The molecule has 0 spiro atoms. The van der Waals surface area contributed by atoms with Crippen molar-refractivity contribution < 1.29 is 19.8 Å². The van der Waals surface area contributed by atoms with Gasteiger partial charge < -0.3 is 15.5 Å². The normalized spacial score (nSPS) is 11.2. The summed E-state index contributed by atoms with van der Waals surface area (Å²) in [6.45, 7) is 5.24. The van der Waals surface area contributed by atoms with E-state index in [4.69, 9.17) is 5.11 Å². The third-order valence-corrected chi connectivity index (χ3v) is 5.01. The summed E-state index contributed by atoms with van der Waals surface area (Å²) in [5.41, 5.74) is -0.930. The number of nitrogens with zero attached hydrogens (tertiary/aromatic N) is 3. The number of hydrogen-bond donors (Lipinski definition) is 3. The highest BCUT2D eigenvalue weighted by molar-refractivity contribution is 5.97. The molecule has 0 bridgehead atoms. The number of benzene rings is 1. The molecule has 1 amide bonds. The summed E-state index contributed by atoms with van der Waals surface area (Å²) in [6, 6.07) is 10.3. The molecule has 0 aliphatic heterocycles. The summed E-state index contributed by atoms with van der Waals surface area (Å²) in [6.07, 6.45) is 2.74. The number of pyridine rings is 1. The molecule has 0 saturated carbocycles. The second-order valence-corrected chi connectivity index (χ2v) is 8.44. The van der Waals surface area contributed by atoms with E-state index in [1.54, 1.807) is 12.1 Å². The molecule has 172 valence electrons. The number of nitrogens with one attached hydrogen (secondary N) is 1. The number of aromatic hydroxyl groups is 1. The molecule has 10 nitrogen and oxygen atoms in total. The molecule has 0 atom stereocenters. The van der Waals surface area contributed by atoms with Crippen molar-refractivity contribution in [2.75, 3.05) is 6.54 Å². The van der Waals surface area contributed by atoms with Crippen LogP contribution in [0, 0.1) is 0 Å². The van der Waals surface area contributed by atoms with Crippen LogP contribution < -0.4 is 16.6 Å². The molecular weight excluding hydrogens is 428 g/mol. The second kappa shape index (κ2) is 9.11. The van der Waals surface area contributed by atoms with Gasteiger partial charge in [-0.25, -0.2) is 9.36 Å². The Morgan fingerprint density at radius 3 is 2.30 bits per heavy atom. The zero-order valence-electron chi connectivity index (χ0n) is 18.4. The molecule has 33 heavy (non-hydrogen) atoms. The van der Waals surface area contributed by atoms with E-state index in [0.29, 0.717) is 5.56 Å². The summed E-state index contributed by atoms with van der Waals surface area (Å²) < 4.78 is 1.60. The van der Waals surface area contributed by atoms with E-state index >= 15 is 0 Å². The predicted octanol–water partition coefficient (Wildman–Crippen LogP) is 1.26. The Kier molecular flexibility index (Phi) is 6.47. The van der Waals surface area contributed by atoms with Crippen LogP contribution in [0.2, 0.25) is 0 Å². The van der Waals surface area contributed by atoms with Crippen LogP contribution in [-0.4, -0.2) is 42.8 Å². The van der Waals surface area contributed by atoms with Crippen LogP contribution in [0.25, 0.3) is 5.69 Å². The highest BCUT2D eigenvalue weighted by Gasteiger charge is 2.25. The van der Waals surface area contributed by atoms with Crippen LogP contribution in [0.15, 0.2) is 58.4 Å². The zero-order chi connectivity index (χ0) is 24.3. The topological polar surface area (TPSA) is 144 Å². The highest BCUT2D eigenvalue weighted by Crippen LogP contribution is 2.22. The first-order valence-corrected chi connectivity index (χ1v) is 10.1. The maximum Gasteiger partial charge on any atom is 0.338 e. The molecule has 10 heteroatoms. The number of hydrogen-bond acceptors (Lipinski definition) is 6. The third-order valence-electron chi connectivity index (χ3n) is 5.01. The third kappa shape index (κ3) is 5.00. The minimum atomic E-state index is -1.33. The standard InChI is InChI=1S/C23H24N4O6/c1-23(2,3)15-8-6-14(7-9-15)13-26-20(31)18(19(30)25-12-17(28)29)21(32)27(22(26)33)16-5-4-10-24-11-16/h4-11,32H,12-13H2,1-3H3,(H,25,30)(H,28,29). The van der Waals surface area contributed by atoms with Crippen molar-refractivity contribution in [3.05, 3.63) is 86.3 Å². The first-order valence-electron chi connectivity index (χ1n) is 10.1. The average Bonchev–Trinajstić information content (AvgIpc) is 2.76. The number of aliphatic carboxylic acids is 1. The molecule has 0 saturated heterocycles. The highest BCUT2D eigenvalue weighted by atomic mass is 16.4. The first-order chi connectivity index (χ1) is 15.5. The van der Waals surface area contributed by atoms with Crippen LogP contribution in [0.3, 0.4) is 0 Å². The van der Waals surface area contributed by atoms with Gasteiger partial charge in [0, 0.05) is 6.20 Å². The van der Waals surface area contributed by atoms with Crippen LogP contribution >= 0.6 is 0 Å². The van der Waals surface area contributed by atoms with Gasteiger partial charge in [-0.15, -0.1) is 0 Å². The quantitative estimate of drug-likeness (QED) is 0.511. The fourth-order valence-corrected chi connectivity index (χ4v) is 3.23. The van der Waals surface area contributed by atoms with Gasteiger partial charge in [0.25, 0.3) is 11.5 Å². The van der Waals surface area contributed by atoms with Gasteiger partial charge in [0.15, 0.2) is 5.56 Å². The molecule has 0 aliphatic carbocycles. The van der Waals surface area contributed by atoms with E-state index in [9.17, 15) is 24.3 Å². The summed E-state index contributed by atoms with van der Waals surface area (Å²) in [5.74, 6) is -3.35. The molecule has 0 aliphatic rings. The van der Waals surface area contributed by atoms with Crippen molar-refractivity contribution in [2.24, 2.45) is 0 Å². The van der Waals surface area contributed by atoms with Crippen LogP contribution in [0.1, 0.15) is 42.3 Å². The molecule has 3 N–H and O–H groups in total. The lowest BCUT2D eigenvalue weighted by molar-refractivity contribution is -0.135. The molecule has 2 aromatic heterocycles. The lowest BCUT2D eigenvalue weighted by Gasteiger charge is -2.19. The molecule has 0 unspecified atom stereocenters. The predicted molar refractivity (Wildman–Crippen MR) is 120 cm³/mol. The fraction of sp³-hybridized carbons (Fsp3) is 0.261. The summed E-state index contributed by atoms with van der Waals surface area (Å²) in [7, 11) is 0. The first kappa shape index (κ1) is 23.5. The second-order valence-electron chi connectivity index (χ2n) is 8.44. The molecular formula is C23H24N4O6.